The molecule has 8 nitrogen and oxygen atoms in total. The summed E-state index contributed by atoms with van der Waals surface area (Å²) >= 11 is 0.768. The number of hydrogen-bond acceptors (Lipinski definition) is 7. The van der Waals surface area contributed by atoms with Gasteiger partial charge in [-0.05, 0) is 19.3 Å². The highest BCUT2D eigenvalue weighted by Gasteiger charge is 2.41. The van der Waals surface area contributed by atoms with Crippen LogP contribution in [0.4, 0.5) is 5.13 Å². The third-order valence-corrected chi connectivity index (χ3v) is 5.67. The first-order chi connectivity index (χ1) is 8.87. The van der Waals surface area contributed by atoms with E-state index in [1.807, 2.05) is 0 Å². The van der Waals surface area contributed by atoms with E-state index in [9.17, 15) is 18.3 Å². The second-order valence-electron chi connectivity index (χ2n) is 4.45. The van der Waals surface area contributed by atoms with E-state index in [4.69, 9.17) is 0 Å². The zero-order valence-electron chi connectivity index (χ0n) is 10.2. The Hall–Kier alpha value is -1.10. The number of carbonyl (C=O) groups excluding carboxylic acids is 1. The van der Waals surface area contributed by atoms with E-state index in [-0.39, 0.29) is 22.0 Å². The molecule has 1 aliphatic rings. The number of sulfonamides is 1. The van der Waals surface area contributed by atoms with Crippen molar-refractivity contribution >= 4 is 32.4 Å². The van der Waals surface area contributed by atoms with Crippen LogP contribution in [0.15, 0.2) is 4.34 Å². The molecule has 0 aromatic carbocycles. The summed E-state index contributed by atoms with van der Waals surface area (Å²) in [5.41, 5.74) is -0.779. The fourth-order valence-electron chi connectivity index (χ4n) is 1.74. The zero-order chi connectivity index (χ0) is 14.1. The molecule has 0 atom stereocenters. The number of nitrogens with one attached hydrogen (secondary N) is 2. The van der Waals surface area contributed by atoms with Crippen LogP contribution in [0.5, 0.6) is 0 Å². The molecule has 0 radical (unpaired) electrons. The molecule has 0 saturated heterocycles. The van der Waals surface area contributed by atoms with Crippen molar-refractivity contribution in [2.75, 3.05) is 11.9 Å². The molecule has 1 amide bonds. The lowest BCUT2D eigenvalue weighted by molar-refractivity contribution is -0.114. The molecular formula is C9H14N4O4S2. The van der Waals surface area contributed by atoms with Crippen molar-refractivity contribution in [3.63, 3.8) is 0 Å². The van der Waals surface area contributed by atoms with Gasteiger partial charge in [0.1, 0.15) is 0 Å². The Morgan fingerprint density at radius 3 is 2.63 bits per heavy atom. The van der Waals surface area contributed by atoms with Crippen molar-refractivity contribution in [3.05, 3.63) is 0 Å². The average molecular weight is 306 g/mol. The molecule has 1 fully saturated rings. The van der Waals surface area contributed by atoms with Crippen molar-refractivity contribution in [3.8, 4) is 0 Å². The second-order valence-corrected chi connectivity index (χ2v) is 7.29. The largest absolute Gasteiger partial charge is 0.394 e. The van der Waals surface area contributed by atoms with Crippen LogP contribution >= 0.6 is 11.3 Å². The molecule has 1 aliphatic carbocycles. The van der Waals surface area contributed by atoms with Crippen molar-refractivity contribution in [2.24, 2.45) is 0 Å². The van der Waals surface area contributed by atoms with E-state index in [0.29, 0.717) is 12.8 Å². The molecule has 0 aliphatic heterocycles. The first kappa shape index (κ1) is 14.3. The average Bonchev–Trinajstić information content (AvgIpc) is 2.72. The minimum absolute atomic E-state index is 0.125. The van der Waals surface area contributed by atoms with Gasteiger partial charge < -0.3 is 10.4 Å². The van der Waals surface area contributed by atoms with Gasteiger partial charge in [0.2, 0.25) is 15.4 Å². The lowest BCUT2D eigenvalue weighted by Crippen LogP contribution is -2.55. The van der Waals surface area contributed by atoms with Gasteiger partial charge in [0, 0.05) is 6.92 Å². The van der Waals surface area contributed by atoms with Gasteiger partial charge >= 0.3 is 0 Å². The molecule has 10 heteroatoms. The van der Waals surface area contributed by atoms with Gasteiger partial charge in [-0.1, -0.05) is 11.3 Å². The van der Waals surface area contributed by atoms with E-state index in [2.05, 4.69) is 20.2 Å². The minimum Gasteiger partial charge on any atom is -0.394 e. The van der Waals surface area contributed by atoms with E-state index in [0.717, 1.165) is 17.8 Å². The molecule has 0 spiro atoms. The molecule has 0 unspecified atom stereocenters. The number of anilines is 1. The number of aromatic nitrogens is 2. The maximum atomic E-state index is 12.1. The molecule has 19 heavy (non-hydrogen) atoms. The monoisotopic (exact) mass is 306 g/mol. The summed E-state index contributed by atoms with van der Waals surface area (Å²) in [5.74, 6) is -0.348. The Bertz CT molecular complexity index is 573. The van der Waals surface area contributed by atoms with Gasteiger partial charge in [-0.25, -0.2) is 13.1 Å². The van der Waals surface area contributed by atoms with Crippen LogP contribution in [-0.4, -0.2) is 41.8 Å². The third kappa shape index (κ3) is 3.08. The molecule has 1 heterocycles. The van der Waals surface area contributed by atoms with E-state index in [1.54, 1.807) is 0 Å². The predicted octanol–water partition coefficient (Wildman–Crippen LogP) is -0.310. The van der Waals surface area contributed by atoms with Gasteiger partial charge in [0.25, 0.3) is 10.0 Å². The van der Waals surface area contributed by atoms with E-state index in [1.165, 1.54) is 6.92 Å². The lowest BCUT2D eigenvalue weighted by atomic mass is 9.78. The molecular weight excluding hydrogens is 292 g/mol. The smallest absolute Gasteiger partial charge is 0.270 e. The van der Waals surface area contributed by atoms with Crippen LogP contribution in [0.3, 0.4) is 0 Å². The predicted molar refractivity (Wildman–Crippen MR) is 68.2 cm³/mol. The van der Waals surface area contributed by atoms with E-state index >= 15 is 0 Å². The number of aliphatic hydroxyl groups is 1. The summed E-state index contributed by atoms with van der Waals surface area (Å²) in [6.07, 6.45) is 2.07. The highest BCUT2D eigenvalue weighted by Crippen LogP contribution is 2.33. The van der Waals surface area contributed by atoms with Gasteiger partial charge in [-0.3, -0.25) is 4.79 Å². The molecule has 1 aromatic heterocycles. The lowest BCUT2D eigenvalue weighted by Gasteiger charge is -2.40. The van der Waals surface area contributed by atoms with Crippen molar-refractivity contribution in [2.45, 2.75) is 36.1 Å². The van der Waals surface area contributed by atoms with Crippen LogP contribution in [0.25, 0.3) is 0 Å². The highest BCUT2D eigenvalue weighted by molar-refractivity contribution is 7.91. The molecule has 3 N–H and O–H groups in total. The summed E-state index contributed by atoms with van der Waals surface area (Å²) in [4.78, 5) is 10.8. The quantitative estimate of drug-likeness (QED) is 0.642. The third-order valence-electron chi connectivity index (χ3n) is 2.88. The standard InChI is InChI=1S/C9H14N4O4S2/c1-6(15)10-7-11-12-8(18-7)19(16,17)13-9(5-14)3-2-4-9/h13-14H,2-5H2,1H3,(H,10,11,15). The van der Waals surface area contributed by atoms with Gasteiger partial charge in [0.15, 0.2) is 0 Å². The Labute approximate surface area is 114 Å². The summed E-state index contributed by atoms with van der Waals surface area (Å²) in [6, 6.07) is 0. The van der Waals surface area contributed by atoms with E-state index < -0.39 is 15.6 Å². The normalized spacial score (nSPS) is 17.8. The second kappa shape index (κ2) is 5.12. The number of amides is 1. The molecule has 1 aromatic rings. The number of nitrogens with zero attached hydrogens (tertiary/aromatic N) is 2. The SMILES string of the molecule is CC(=O)Nc1nnc(S(=O)(=O)NC2(CO)CCC2)s1. The fraction of sp³-hybridized carbons (Fsp3) is 0.667. The van der Waals surface area contributed by atoms with Gasteiger partial charge in [-0.2, -0.15) is 0 Å². The Kier molecular flexibility index (Phi) is 3.85. The maximum Gasteiger partial charge on any atom is 0.270 e. The van der Waals surface area contributed by atoms with Crippen LogP contribution in [0.2, 0.25) is 0 Å². The number of carbonyl (C=O) groups is 1. The Balaban J connectivity index is 2.15. The van der Waals surface area contributed by atoms with Crippen molar-refractivity contribution in [1.29, 1.82) is 0 Å². The fourth-order valence-corrected chi connectivity index (χ4v) is 4.14. The molecule has 2 rings (SSSR count). The first-order valence-corrected chi connectivity index (χ1v) is 7.93. The number of aliphatic hydroxyl groups excluding tert-OH is 1. The summed E-state index contributed by atoms with van der Waals surface area (Å²) in [5, 5.41) is 18.9. The number of rotatable bonds is 5. The summed E-state index contributed by atoms with van der Waals surface area (Å²) in [6.45, 7) is 1.05. The minimum atomic E-state index is -3.82. The topological polar surface area (TPSA) is 121 Å². The van der Waals surface area contributed by atoms with Crippen LogP contribution < -0.4 is 10.0 Å². The molecule has 0 bridgehead atoms. The van der Waals surface area contributed by atoms with Gasteiger partial charge in [-0.15, -0.1) is 10.2 Å². The Morgan fingerprint density at radius 2 is 2.16 bits per heavy atom. The zero-order valence-corrected chi connectivity index (χ0v) is 11.8. The van der Waals surface area contributed by atoms with Crippen LogP contribution in [-0.2, 0) is 14.8 Å². The van der Waals surface area contributed by atoms with Crippen LogP contribution in [0, 0.1) is 0 Å². The molecule has 106 valence electrons. The van der Waals surface area contributed by atoms with Gasteiger partial charge in [0.05, 0.1) is 12.1 Å². The van der Waals surface area contributed by atoms with Crippen molar-refractivity contribution in [1.82, 2.24) is 14.9 Å². The van der Waals surface area contributed by atoms with Crippen LogP contribution in [0.1, 0.15) is 26.2 Å². The Morgan fingerprint density at radius 1 is 1.47 bits per heavy atom. The summed E-state index contributed by atoms with van der Waals surface area (Å²) in [7, 11) is -3.82. The molecule has 1 saturated carbocycles. The maximum absolute atomic E-state index is 12.1. The number of hydrogen-bond donors (Lipinski definition) is 3. The highest BCUT2D eigenvalue weighted by atomic mass is 32.2. The van der Waals surface area contributed by atoms with Crippen molar-refractivity contribution < 1.29 is 18.3 Å². The summed E-state index contributed by atoms with van der Waals surface area (Å²) < 4.78 is 26.4. The first-order valence-electron chi connectivity index (χ1n) is 5.63.